The normalized spacial score (nSPS) is 11.8. The minimum Gasteiger partial charge on any atom is -0.482 e. The zero-order chi connectivity index (χ0) is 22.2. The van der Waals surface area contributed by atoms with Gasteiger partial charge in [-0.1, -0.05) is 56.5 Å². The summed E-state index contributed by atoms with van der Waals surface area (Å²) in [5.74, 6) is -0.989. The van der Waals surface area contributed by atoms with Crippen molar-refractivity contribution in [2.24, 2.45) is 0 Å². The molecule has 0 aromatic heterocycles. The highest BCUT2D eigenvalue weighted by atomic mass is 16.5. The zero-order valence-electron chi connectivity index (χ0n) is 17.5. The van der Waals surface area contributed by atoms with E-state index in [4.69, 9.17) is 9.84 Å². The highest BCUT2D eigenvalue weighted by Gasteiger charge is 2.13. The number of rotatable bonds is 10. The van der Waals surface area contributed by atoms with Crippen LogP contribution in [0.25, 0.3) is 10.8 Å². The van der Waals surface area contributed by atoms with Crippen molar-refractivity contribution in [2.75, 3.05) is 11.9 Å². The van der Waals surface area contributed by atoms with E-state index in [1.165, 1.54) is 0 Å². The predicted molar refractivity (Wildman–Crippen MR) is 121 cm³/mol. The molecular formula is C25H27NO5. The number of aliphatic hydroxyl groups is 1. The van der Waals surface area contributed by atoms with Gasteiger partial charge in [0.2, 0.25) is 0 Å². The molecule has 3 rings (SSSR count). The number of amides is 1. The van der Waals surface area contributed by atoms with Crippen LogP contribution >= 0.6 is 0 Å². The van der Waals surface area contributed by atoms with Gasteiger partial charge in [0.1, 0.15) is 5.75 Å². The van der Waals surface area contributed by atoms with E-state index in [9.17, 15) is 14.7 Å². The maximum Gasteiger partial charge on any atom is 0.341 e. The van der Waals surface area contributed by atoms with Crippen LogP contribution in [0.2, 0.25) is 0 Å². The van der Waals surface area contributed by atoms with Gasteiger partial charge in [-0.05, 0) is 47.0 Å². The van der Waals surface area contributed by atoms with Crippen molar-refractivity contribution in [3.8, 4) is 5.75 Å². The molecule has 0 saturated heterocycles. The lowest BCUT2D eigenvalue weighted by molar-refractivity contribution is -0.139. The van der Waals surface area contributed by atoms with E-state index in [0.717, 1.165) is 42.0 Å². The first-order chi connectivity index (χ1) is 15.0. The van der Waals surface area contributed by atoms with Crippen LogP contribution in [-0.4, -0.2) is 28.7 Å². The fourth-order valence-corrected chi connectivity index (χ4v) is 3.47. The molecule has 1 atom stereocenters. The Balaban J connectivity index is 1.77. The quantitative estimate of drug-likeness (QED) is 0.393. The van der Waals surface area contributed by atoms with Crippen molar-refractivity contribution in [2.45, 2.75) is 38.7 Å². The van der Waals surface area contributed by atoms with E-state index in [2.05, 4.69) is 12.2 Å². The standard InChI is InChI=1S/C25H27NO5/c1-2-3-4-11-23(27)18-12-13-21-17(14-18)7-5-10-22(21)25(30)26-19-8-6-9-20(15-19)31-16-24(28)29/h5-10,12-15,23,27H,2-4,11,16H2,1H3,(H,26,30)(H,28,29). The van der Waals surface area contributed by atoms with Crippen LogP contribution in [0, 0.1) is 0 Å². The number of hydrogen-bond donors (Lipinski definition) is 3. The van der Waals surface area contributed by atoms with E-state index in [0.29, 0.717) is 17.0 Å². The van der Waals surface area contributed by atoms with Gasteiger partial charge >= 0.3 is 5.97 Å². The maximum absolute atomic E-state index is 12.9. The number of benzene rings is 3. The molecule has 0 saturated carbocycles. The lowest BCUT2D eigenvalue weighted by atomic mass is 9.97. The summed E-state index contributed by atoms with van der Waals surface area (Å²) in [7, 11) is 0. The second kappa shape index (κ2) is 10.6. The highest BCUT2D eigenvalue weighted by molar-refractivity contribution is 6.13. The second-order valence-corrected chi connectivity index (χ2v) is 7.46. The van der Waals surface area contributed by atoms with E-state index in [-0.39, 0.29) is 5.91 Å². The van der Waals surface area contributed by atoms with E-state index >= 15 is 0 Å². The third kappa shape index (κ3) is 6.06. The smallest absolute Gasteiger partial charge is 0.341 e. The lowest BCUT2D eigenvalue weighted by Gasteiger charge is -2.13. The Morgan fingerprint density at radius 1 is 1.03 bits per heavy atom. The van der Waals surface area contributed by atoms with Gasteiger partial charge < -0.3 is 20.3 Å². The Kier molecular flexibility index (Phi) is 7.62. The van der Waals surface area contributed by atoms with Crippen LogP contribution in [0.15, 0.2) is 60.7 Å². The molecule has 162 valence electrons. The van der Waals surface area contributed by atoms with Crippen LogP contribution in [0.4, 0.5) is 5.69 Å². The van der Waals surface area contributed by atoms with Crippen molar-refractivity contribution in [3.63, 3.8) is 0 Å². The molecule has 3 aromatic rings. The average molecular weight is 421 g/mol. The minimum absolute atomic E-state index is 0.280. The van der Waals surface area contributed by atoms with E-state index < -0.39 is 18.7 Å². The van der Waals surface area contributed by atoms with Crippen LogP contribution < -0.4 is 10.1 Å². The van der Waals surface area contributed by atoms with Crippen LogP contribution in [0.5, 0.6) is 5.75 Å². The molecule has 1 amide bonds. The third-order valence-corrected chi connectivity index (χ3v) is 5.07. The molecule has 6 heteroatoms. The Labute approximate surface area is 181 Å². The number of nitrogens with one attached hydrogen (secondary N) is 1. The highest BCUT2D eigenvalue weighted by Crippen LogP contribution is 2.27. The molecule has 31 heavy (non-hydrogen) atoms. The molecule has 6 nitrogen and oxygen atoms in total. The summed E-state index contributed by atoms with van der Waals surface area (Å²) in [6.07, 6.45) is 3.39. The van der Waals surface area contributed by atoms with Crippen LogP contribution in [-0.2, 0) is 4.79 Å². The minimum atomic E-state index is -1.07. The number of aliphatic hydroxyl groups excluding tert-OH is 1. The second-order valence-electron chi connectivity index (χ2n) is 7.46. The van der Waals surface area contributed by atoms with Gasteiger partial charge in [0.05, 0.1) is 6.10 Å². The number of ether oxygens (including phenoxy) is 1. The molecule has 0 radical (unpaired) electrons. The fourth-order valence-electron chi connectivity index (χ4n) is 3.47. The monoisotopic (exact) mass is 421 g/mol. The van der Waals surface area contributed by atoms with Gasteiger partial charge in [-0.3, -0.25) is 4.79 Å². The third-order valence-electron chi connectivity index (χ3n) is 5.07. The number of carbonyl (C=O) groups excluding carboxylic acids is 1. The summed E-state index contributed by atoms with van der Waals surface area (Å²) in [6, 6.07) is 17.8. The number of carboxylic acids is 1. The molecule has 3 aromatic carbocycles. The van der Waals surface area contributed by atoms with Crippen molar-refractivity contribution < 1.29 is 24.5 Å². The molecule has 0 heterocycles. The van der Waals surface area contributed by atoms with Crippen molar-refractivity contribution >= 4 is 28.3 Å². The van der Waals surface area contributed by atoms with Gasteiger partial charge in [-0.25, -0.2) is 4.79 Å². The molecule has 0 aliphatic carbocycles. The van der Waals surface area contributed by atoms with E-state index in [1.807, 2.05) is 30.3 Å². The first kappa shape index (κ1) is 22.3. The van der Waals surface area contributed by atoms with Crippen molar-refractivity contribution in [3.05, 3.63) is 71.8 Å². The van der Waals surface area contributed by atoms with Gasteiger partial charge in [-0.15, -0.1) is 0 Å². The molecule has 0 bridgehead atoms. The number of aliphatic carboxylic acids is 1. The summed E-state index contributed by atoms with van der Waals surface area (Å²) in [5, 5.41) is 23.7. The van der Waals surface area contributed by atoms with Crippen molar-refractivity contribution in [1.82, 2.24) is 0 Å². The van der Waals surface area contributed by atoms with E-state index in [1.54, 1.807) is 30.3 Å². The number of hydrogen-bond acceptors (Lipinski definition) is 4. The summed E-state index contributed by atoms with van der Waals surface area (Å²) in [5.41, 5.74) is 1.87. The molecule has 0 spiro atoms. The zero-order valence-corrected chi connectivity index (χ0v) is 17.5. The molecule has 0 aliphatic heterocycles. The predicted octanol–water partition coefficient (Wildman–Crippen LogP) is 5.17. The number of fused-ring (bicyclic) bond motifs is 1. The largest absolute Gasteiger partial charge is 0.482 e. The Hall–Kier alpha value is -3.38. The summed E-state index contributed by atoms with van der Waals surface area (Å²) in [4.78, 5) is 23.6. The maximum atomic E-state index is 12.9. The number of unbranched alkanes of at least 4 members (excludes halogenated alkanes) is 2. The number of carbonyl (C=O) groups is 2. The topological polar surface area (TPSA) is 95.9 Å². The first-order valence-electron chi connectivity index (χ1n) is 10.4. The average Bonchev–Trinajstić information content (AvgIpc) is 2.77. The van der Waals surface area contributed by atoms with Crippen LogP contribution in [0.1, 0.15) is 54.6 Å². The van der Waals surface area contributed by atoms with Gasteiger partial charge in [0.15, 0.2) is 6.61 Å². The lowest BCUT2D eigenvalue weighted by Crippen LogP contribution is -2.13. The number of anilines is 1. The molecule has 3 N–H and O–H groups in total. The Morgan fingerprint density at radius 3 is 2.61 bits per heavy atom. The SMILES string of the molecule is CCCCCC(O)c1ccc2c(C(=O)Nc3cccc(OCC(=O)O)c3)cccc2c1. The molecule has 1 unspecified atom stereocenters. The molecular weight excluding hydrogens is 394 g/mol. The first-order valence-corrected chi connectivity index (χ1v) is 10.4. The fraction of sp³-hybridized carbons (Fsp3) is 0.280. The molecule has 0 aliphatic rings. The summed E-state index contributed by atoms with van der Waals surface area (Å²) < 4.78 is 5.16. The Bertz CT molecular complexity index is 1060. The van der Waals surface area contributed by atoms with Gasteiger partial charge in [-0.2, -0.15) is 0 Å². The van der Waals surface area contributed by atoms with Gasteiger partial charge in [0, 0.05) is 17.3 Å². The summed E-state index contributed by atoms with van der Waals surface area (Å²) >= 11 is 0. The van der Waals surface area contributed by atoms with Crippen molar-refractivity contribution in [1.29, 1.82) is 0 Å². The molecule has 0 fully saturated rings. The summed E-state index contributed by atoms with van der Waals surface area (Å²) in [6.45, 7) is 1.68. The Morgan fingerprint density at radius 2 is 1.84 bits per heavy atom. The number of carboxylic acid groups (broad SMARTS) is 1. The van der Waals surface area contributed by atoms with Gasteiger partial charge in [0.25, 0.3) is 5.91 Å². The van der Waals surface area contributed by atoms with Crippen LogP contribution in [0.3, 0.4) is 0 Å².